The molecule has 31 heavy (non-hydrogen) atoms. The summed E-state index contributed by atoms with van der Waals surface area (Å²) in [5.41, 5.74) is 2.64. The number of hydrogen-bond acceptors (Lipinski definition) is 4. The zero-order valence-corrected chi connectivity index (χ0v) is 17.4. The fraction of sp³-hybridized carbons (Fsp3) is 0.280. The van der Waals surface area contributed by atoms with Gasteiger partial charge in [-0.2, -0.15) is 0 Å². The summed E-state index contributed by atoms with van der Waals surface area (Å²) in [7, 11) is 0. The number of hydrogen-bond donors (Lipinski definition) is 0. The first-order valence-electron chi connectivity index (χ1n) is 10.5. The summed E-state index contributed by atoms with van der Waals surface area (Å²) in [5.74, 6) is -0.319. The Hall–Kier alpha value is -3.09. The van der Waals surface area contributed by atoms with E-state index in [2.05, 4.69) is 9.88 Å². The standard InChI is InChI=1S/C25H26FN3O2/c26-23-10-4-6-20(16-23)18-29(19-21-7-5-11-27-17-21)25(30)24(22-8-2-1-3-9-22)28-12-14-31-15-13-28/h1-11,16-17,24H,12-15,18-19H2. The molecule has 0 N–H and O–H groups in total. The summed E-state index contributed by atoms with van der Waals surface area (Å²) < 4.78 is 19.3. The molecule has 5 nitrogen and oxygen atoms in total. The first-order valence-corrected chi connectivity index (χ1v) is 10.5. The highest BCUT2D eigenvalue weighted by Crippen LogP contribution is 2.26. The van der Waals surface area contributed by atoms with Crippen molar-refractivity contribution in [2.24, 2.45) is 0 Å². The molecule has 1 aromatic heterocycles. The lowest BCUT2D eigenvalue weighted by Gasteiger charge is -2.37. The van der Waals surface area contributed by atoms with Crippen LogP contribution >= 0.6 is 0 Å². The number of halogens is 1. The van der Waals surface area contributed by atoms with E-state index in [0.717, 1.165) is 16.7 Å². The lowest BCUT2D eigenvalue weighted by molar-refractivity contribution is -0.140. The van der Waals surface area contributed by atoms with Crippen molar-refractivity contribution in [3.05, 3.63) is 102 Å². The lowest BCUT2D eigenvalue weighted by atomic mass is 10.0. The third-order valence-corrected chi connectivity index (χ3v) is 5.43. The van der Waals surface area contributed by atoms with Crippen LogP contribution in [0.15, 0.2) is 79.1 Å². The molecule has 160 valence electrons. The molecule has 1 fully saturated rings. The third-order valence-electron chi connectivity index (χ3n) is 5.43. The molecule has 0 spiro atoms. The van der Waals surface area contributed by atoms with Gasteiger partial charge in [-0.15, -0.1) is 0 Å². The van der Waals surface area contributed by atoms with E-state index < -0.39 is 6.04 Å². The molecular weight excluding hydrogens is 393 g/mol. The fourth-order valence-corrected chi connectivity index (χ4v) is 3.93. The molecular formula is C25H26FN3O2. The van der Waals surface area contributed by atoms with E-state index in [4.69, 9.17) is 4.74 Å². The molecule has 0 aliphatic carbocycles. The zero-order chi connectivity index (χ0) is 21.5. The Kier molecular flexibility index (Phi) is 7.02. The van der Waals surface area contributed by atoms with Crippen LogP contribution in [0.3, 0.4) is 0 Å². The maximum absolute atomic E-state index is 14.0. The number of amides is 1. The third kappa shape index (κ3) is 5.54. The summed E-state index contributed by atoms with van der Waals surface area (Å²) in [4.78, 5) is 22.1. The normalized spacial score (nSPS) is 15.4. The molecule has 4 rings (SSSR count). The summed E-state index contributed by atoms with van der Waals surface area (Å²) in [6, 6.07) is 19.6. The quantitative estimate of drug-likeness (QED) is 0.584. The number of nitrogens with zero attached hydrogens (tertiary/aromatic N) is 3. The van der Waals surface area contributed by atoms with Gasteiger partial charge in [0.05, 0.1) is 13.2 Å². The van der Waals surface area contributed by atoms with Crippen LogP contribution in [0.2, 0.25) is 0 Å². The smallest absolute Gasteiger partial charge is 0.245 e. The van der Waals surface area contributed by atoms with Gasteiger partial charge in [0.1, 0.15) is 11.9 Å². The molecule has 1 saturated heterocycles. The van der Waals surface area contributed by atoms with Gasteiger partial charge in [0.2, 0.25) is 5.91 Å². The van der Waals surface area contributed by atoms with Crippen LogP contribution in [-0.2, 0) is 22.6 Å². The summed E-state index contributed by atoms with van der Waals surface area (Å²) in [6.45, 7) is 3.29. The van der Waals surface area contributed by atoms with E-state index in [1.807, 2.05) is 48.5 Å². The Morgan fingerprint density at radius 2 is 1.74 bits per heavy atom. The number of carbonyl (C=O) groups excluding carboxylic acids is 1. The lowest BCUT2D eigenvalue weighted by Crippen LogP contribution is -2.46. The van der Waals surface area contributed by atoms with E-state index >= 15 is 0 Å². The molecule has 6 heteroatoms. The van der Waals surface area contributed by atoms with E-state index in [1.54, 1.807) is 23.4 Å². The average Bonchev–Trinajstić information content (AvgIpc) is 2.81. The summed E-state index contributed by atoms with van der Waals surface area (Å²) in [5, 5.41) is 0. The molecule has 3 aromatic rings. The van der Waals surface area contributed by atoms with Crippen LogP contribution in [0.1, 0.15) is 22.7 Å². The van der Waals surface area contributed by atoms with Gasteiger partial charge in [0.25, 0.3) is 0 Å². The van der Waals surface area contributed by atoms with Gasteiger partial charge < -0.3 is 9.64 Å². The number of pyridine rings is 1. The number of ether oxygens (including phenoxy) is 1. The summed E-state index contributed by atoms with van der Waals surface area (Å²) in [6.07, 6.45) is 3.47. The Morgan fingerprint density at radius 1 is 1.00 bits per heavy atom. The number of aromatic nitrogens is 1. The molecule has 2 aromatic carbocycles. The molecule has 2 heterocycles. The second-order valence-electron chi connectivity index (χ2n) is 7.65. The molecule has 0 bridgehead atoms. The topological polar surface area (TPSA) is 45.7 Å². The molecule has 1 amide bonds. The molecule has 0 saturated carbocycles. The van der Waals surface area contributed by atoms with Crippen molar-refractivity contribution in [1.82, 2.24) is 14.8 Å². The minimum atomic E-state index is -0.421. The van der Waals surface area contributed by atoms with Gasteiger partial charge in [-0.05, 0) is 34.9 Å². The Morgan fingerprint density at radius 3 is 2.45 bits per heavy atom. The van der Waals surface area contributed by atoms with E-state index in [9.17, 15) is 9.18 Å². The predicted octanol–water partition coefficient (Wildman–Crippen LogP) is 3.82. The number of morpholine rings is 1. The monoisotopic (exact) mass is 419 g/mol. The first kappa shape index (κ1) is 21.2. The maximum Gasteiger partial charge on any atom is 0.245 e. The minimum Gasteiger partial charge on any atom is -0.379 e. The Labute approximate surface area is 182 Å². The molecule has 1 atom stereocenters. The van der Waals surface area contributed by atoms with Crippen LogP contribution in [0.4, 0.5) is 4.39 Å². The summed E-state index contributed by atoms with van der Waals surface area (Å²) >= 11 is 0. The van der Waals surface area contributed by atoms with Crippen LogP contribution in [-0.4, -0.2) is 47.0 Å². The molecule has 1 aliphatic heterocycles. The fourth-order valence-electron chi connectivity index (χ4n) is 3.93. The van der Waals surface area contributed by atoms with Crippen molar-refractivity contribution in [3.8, 4) is 0 Å². The van der Waals surface area contributed by atoms with Crippen molar-refractivity contribution >= 4 is 5.91 Å². The van der Waals surface area contributed by atoms with Gasteiger partial charge in [-0.1, -0.05) is 48.5 Å². The van der Waals surface area contributed by atoms with E-state index in [-0.39, 0.29) is 11.7 Å². The Balaban J connectivity index is 1.67. The van der Waals surface area contributed by atoms with Gasteiger partial charge in [0, 0.05) is 38.6 Å². The van der Waals surface area contributed by atoms with Crippen LogP contribution in [0.5, 0.6) is 0 Å². The van der Waals surface area contributed by atoms with Gasteiger partial charge >= 0.3 is 0 Å². The largest absolute Gasteiger partial charge is 0.379 e. The molecule has 1 unspecified atom stereocenters. The van der Waals surface area contributed by atoms with Crippen LogP contribution < -0.4 is 0 Å². The molecule has 1 aliphatic rings. The van der Waals surface area contributed by atoms with Gasteiger partial charge in [-0.3, -0.25) is 14.7 Å². The van der Waals surface area contributed by atoms with Crippen molar-refractivity contribution in [3.63, 3.8) is 0 Å². The van der Waals surface area contributed by atoms with E-state index in [0.29, 0.717) is 39.4 Å². The Bertz CT molecular complexity index is 978. The van der Waals surface area contributed by atoms with Gasteiger partial charge in [-0.25, -0.2) is 4.39 Å². The predicted molar refractivity (Wildman–Crippen MR) is 116 cm³/mol. The van der Waals surface area contributed by atoms with Crippen molar-refractivity contribution < 1.29 is 13.9 Å². The van der Waals surface area contributed by atoms with Gasteiger partial charge in [0.15, 0.2) is 0 Å². The first-order chi connectivity index (χ1) is 15.2. The van der Waals surface area contributed by atoms with Crippen molar-refractivity contribution in [2.75, 3.05) is 26.3 Å². The zero-order valence-electron chi connectivity index (χ0n) is 17.4. The average molecular weight is 420 g/mol. The number of benzene rings is 2. The minimum absolute atomic E-state index is 0.0128. The second-order valence-corrected chi connectivity index (χ2v) is 7.65. The highest BCUT2D eigenvalue weighted by atomic mass is 19.1. The van der Waals surface area contributed by atoms with Crippen LogP contribution in [0, 0.1) is 5.82 Å². The highest BCUT2D eigenvalue weighted by Gasteiger charge is 2.32. The SMILES string of the molecule is O=C(C(c1ccccc1)N1CCOCC1)N(Cc1cccnc1)Cc1cccc(F)c1. The van der Waals surface area contributed by atoms with Crippen molar-refractivity contribution in [1.29, 1.82) is 0 Å². The number of carbonyl (C=O) groups is 1. The maximum atomic E-state index is 14.0. The highest BCUT2D eigenvalue weighted by molar-refractivity contribution is 5.83. The number of rotatable bonds is 7. The van der Waals surface area contributed by atoms with E-state index in [1.165, 1.54) is 12.1 Å². The van der Waals surface area contributed by atoms with Crippen molar-refractivity contribution in [2.45, 2.75) is 19.1 Å². The van der Waals surface area contributed by atoms with Crippen LogP contribution in [0.25, 0.3) is 0 Å². The second kappa shape index (κ2) is 10.3. The molecule has 0 radical (unpaired) electrons.